The molecule has 1 atom stereocenters. The molecule has 0 radical (unpaired) electrons. The van der Waals surface area contributed by atoms with Crippen molar-refractivity contribution in [2.75, 3.05) is 36.0 Å². The van der Waals surface area contributed by atoms with E-state index in [1.807, 2.05) is 11.0 Å². The largest absolute Gasteiger partial charge is 0.490 e. The van der Waals surface area contributed by atoms with Crippen molar-refractivity contribution in [1.82, 2.24) is 30.8 Å². The van der Waals surface area contributed by atoms with Crippen LogP contribution in [0.15, 0.2) is 42.7 Å². The van der Waals surface area contributed by atoms with Crippen molar-refractivity contribution in [1.29, 1.82) is 5.26 Å². The van der Waals surface area contributed by atoms with Crippen LogP contribution < -0.4 is 30.5 Å². The van der Waals surface area contributed by atoms with Crippen molar-refractivity contribution >= 4 is 52.6 Å². The van der Waals surface area contributed by atoms with Gasteiger partial charge in [-0.2, -0.15) is 5.26 Å². The van der Waals surface area contributed by atoms with E-state index in [0.717, 1.165) is 81.2 Å². The number of amides is 5. The van der Waals surface area contributed by atoms with Crippen LogP contribution in [0.1, 0.15) is 101 Å². The Morgan fingerprint density at radius 3 is 2.14 bits per heavy atom. The van der Waals surface area contributed by atoms with Crippen LogP contribution in [0.3, 0.4) is 0 Å². The van der Waals surface area contributed by atoms with Crippen LogP contribution in [0.4, 0.5) is 15.9 Å². The van der Waals surface area contributed by atoms with Crippen LogP contribution in [-0.2, 0) is 9.59 Å². The molecule has 302 valence electrons. The summed E-state index contributed by atoms with van der Waals surface area (Å²) in [7, 11) is 0. The predicted octanol–water partition coefficient (Wildman–Crippen LogP) is 3.89. The smallest absolute Gasteiger partial charge is 0.271 e. The molecule has 3 N–H and O–H groups in total. The molecule has 5 aliphatic rings. The van der Waals surface area contributed by atoms with Gasteiger partial charge in [-0.3, -0.25) is 34.2 Å². The molecule has 0 bridgehead atoms. The van der Waals surface area contributed by atoms with Crippen molar-refractivity contribution in [3.05, 3.63) is 75.9 Å². The Morgan fingerprint density at radius 1 is 0.845 bits per heavy atom. The standard InChI is InChI=1S/C41H43ClFN9O6/c42-31-17-28(4-1-23(31)20-44)58-27-5-2-24(3-6-27)48-38(54)33-21-46-36(22-45-33)51-15-11-26(12-16-51)47-25-9-13-50(14-10-25)35-19-30-29(18-32(35)43)40(56)52(41(30)57)34-7-8-37(53)49-39(34)55/h1,4,17-19,21-22,24-27,34,47H,2-3,5-16H2,(H,48,54)(H,49,53,55)/t24-,27-,34?. The number of nitrogens with zero attached hydrogens (tertiary/aromatic N) is 6. The Kier molecular flexibility index (Phi) is 11.3. The quantitative estimate of drug-likeness (QED) is 0.265. The average Bonchev–Trinajstić information content (AvgIpc) is 3.46. The van der Waals surface area contributed by atoms with Crippen LogP contribution in [0.5, 0.6) is 5.75 Å². The zero-order valence-electron chi connectivity index (χ0n) is 31.7. The van der Waals surface area contributed by atoms with Crippen LogP contribution in [0.2, 0.25) is 5.02 Å². The number of imide groups is 2. The summed E-state index contributed by atoms with van der Waals surface area (Å²) in [5.74, 6) is -2.05. The molecule has 58 heavy (non-hydrogen) atoms. The number of aromatic nitrogens is 2. The second kappa shape index (κ2) is 16.7. The predicted molar refractivity (Wildman–Crippen MR) is 209 cm³/mol. The number of nitrogens with one attached hydrogen (secondary N) is 3. The molecule has 2 aromatic carbocycles. The van der Waals surface area contributed by atoms with Crippen molar-refractivity contribution in [2.45, 2.75) is 94.5 Å². The zero-order valence-corrected chi connectivity index (χ0v) is 32.5. The first kappa shape index (κ1) is 39.2. The molecule has 4 aliphatic heterocycles. The van der Waals surface area contributed by atoms with Gasteiger partial charge in [0.15, 0.2) is 0 Å². The highest BCUT2D eigenvalue weighted by atomic mass is 35.5. The van der Waals surface area contributed by atoms with Crippen LogP contribution >= 0.6 is 11.6 Å². The van der Waals surface area contributed by atoms with Crippen molar-refractivity contribution < 1.29 is 33.1 Å². The maximum Gasteiger partial charge on any atom is 0.271 e. The summed E-state index contributed by atoms with van der Waals surface area (Å²) in [4.78, 5) is 77.3. The topological polar surface area (TPSA) is 190 Å². The number of piperidine rings is 3. The fourth-order valence-electron chi connectivity index (χ4n) is 8.66. The van der Waals surface area contributed by atoms with Gasteiger partial charge in [-0.1, -0.05) is 11.6 Å². The number of rotatable bonds is 9. The molecule has 8 rings (SSSR count). The van der Waals surface area contributed by atoms with E-state index in [0.29, 0.717) is 35.5 Å². The van der Waals surface area contributed by atoms with Crippen molar-refractivity contribution in [3.8, 4) is 11.8 Å². The van der Waals surface area contributed by atoms with Gasteiger partial charge in [-0.05, 0) is 82.1 Å². The highest BCUT2D eigenvalue weighted by molar-refractivity contribution is 6.31. The lowest BCUT2D eigenvalue weighted by Gasteiger charge is -2.38. The summed E-state index contributed by atoms with van der Waals surface area (Å²) in [6.07, 6.45) is 9.64. The third-order valence-corrected chi connectivity index (χ3v) is 12.2. The molecule has 5 heterocycles. The molecule has 3 saturated heterocycles. The highest BCUT2D eigenvalue weighted by Crippen LogP contribution is 2.34. The van der Waals surface area contributed by atoms with Gasteiger partial charge in [0.1, 0.15) is 35.2 Å². The molecule has 1 unspecified atom stereocenters. The van der Waals surface area contributed by atoms with E-state index in [2.05, 4.69) is 30.8 Å². The molecular weight excluding hydrogens is 769 g/mol. The van der Waals surface area contributed by atoms with Crippen molar-refractivity contribution in [3.63, 3.8) is 0 Å². The number of benzene rings is 2. The number of hydrogen-bond donors (Lipinski definition) is 3. The maximum atomic E-state index is 15.4. The van der Waals surface area contributed by atoms with Gasteiger partial charge in [0.05, 0.1) is 45.9 Å². The second-order valence-electron chi connectivity index (χ2n) is 15.6. The number of anilines is 2. The van der Waals surface area contributed by atoms with E-state index in [9.17, 15) is 24.0 Å². The fraction of sp³-hybridized carbons (Fsp3) is 0.463. The lowest BCUT2D eigenvalue weighted by atomic mass is 9.93. The minimum absolute atomic E-state index is 0.00345. The first-order valence-corrected chi connectivity index (χ1v) is 20.2. The first-order valence-electron chi connectivity index (χ1n) is 19.8. The summed E-state index contributed by atoms with van der Waals surface area (Å²) >= 11 is 6.14. The zero-order chi connectivity index (χ0) is 40.5. The Morgan fingerprint density at radius 2 is 1.52 bits per heavy atom. The summed E-state index contributed by atoms with van der Waals surface area (Å²) in [6, 6.07) is 9.04. The number of carbonyl (C=O) groups excluding carboxylic acids is 5. The van der Waals surface area contributed by atoms with E-state index in [4.69, 9.17) is 21.6 Å². The summed E-state index contributed by atoms with van der Waals surface area (Å²) < 4.78 is 21.5. The van der Waals surface area contributed by atoms with E-state index < -0.39 is 35.5 Å². The van der Waals surface area contributed by atoms with Gasteiger partial charge < -0.3 is 25.2 Å². The molecule has 1 saturated carbocycles. The third-order valence-electron chi connectivity index (χ3n) is 11.9. The minimum atomic E-state index is -1.11. The lowest BCUT2D eigenvalue weighted by Crippen LogP contribution is -2.54. The second-order valence-corrected chi connectivity index (χ2v) is 16.0. The Balaban J connectivity index is 0.764. The molecular formula is C41H43ClFN9O6. The minimum Gasteiger partial charge on any atom is -0.490 e. The highest BCUT2D eigenvalue weighted by Gasteiger charge is 2.45. The first-order chi connectivity index (χ1) is 28.0. The number of nitriles is 1. The Bertz CT molecular complexity index is 2160. The SMILES string of the molecule is N#Cc1ccc(O[C@H]2CC[C@H](NC(=O)c3cnc(N4CCC(NC5CCN(c6cc7c(cc6F)C(=O)N(C6CCC(=O)NC6=O)C7=O)CC5)CC4)cn3)CC2)cc1Cl. The van der Waals surface area contributed by atoms with Gasteiger partial charge in [0.2, 0.25) is 11.8 Å². The molecule has 4 fully saturated rings. The maximum absolute atomic E-state index is 15.4. The van der Waals surface area contributed by atoms with Crippen molar-refractivity contribution in [2.24, 2.45) is 0 Å². The number of hydrogen-bond acceptors (Lipinski definition) is 12. The van der Waals surface area contributed by atoms with Crippen LogP contribution in [0, 0.1) is 17.1 Å². The molecule has 15 nitrogen and oxygen atoms in total. The van der Waals surface area contributed by atoms with E-state index >= 15 is 4.39 Å². The van der Waals surface area contributed by atoms with E-state index in [-0.39, 0.29) is 59.4 Å². The summed E-state index contributed by atoms with van der Waals surface area (Å²) in [5.41, 5.74) is 0.919. The van der Waals surface area contributed by atoms with Gasteiger partial charge in [0.25, 0.3) is 17.7 Å². The summed E-state index contributed by atoms with van der Waals surface area (Å²) in [5, 5.41) is 18.5. The van der Waals surface area contributed by atoms with Crippen LogP contribution in [-0.4, -0.2) is 101 Å². The number of ether oxygens (including phenoxy) is 1. The fourth-order valence-corrected chi connectivity index (χ4v) is 8.87. The Labute approximate surface area is 339 Å². The normalized spacial score (nSPS) is 23.1. The Hall–Kier alpha value is -5.66. The molecule has 1 aromatic heterocycles. The monoisotopic (exact) mass is 811 g/mol. The molecule has 17 heteroatoms. The molecule has 1 aliphatic carbocycles. The molecule has 5 amide bonds. The van der Waals surface area contributed by atoms with Gasteiger partial charge in [-0.25, -0.2) is 14.4 Å². The van der Waals surface area contributed by atoms with E-state index in [1.165, 1.54) is 12.3 Å². The third kappa shape index (κ3) is 8.19. The number of fused-ring (bicyclic) bond motifs is 1. The average molecular weight is 812 g/mol. The van der Waals surface area contributed by atoms with E-state index in [1.54, 1.807) is 24.4 Å². The van der Waals surface area contributed by atoms with Gasteiger partial charge in [-0.15, -0.1) is 0 Å². The summed E-state index contributed by atoms with van der Waals surface area (Å²) in [6.45, 7) is 2.68. The van der Waals surface area contributed by atoms with Gasteiger partial charge in [0, 0.05) is 56.8 Å². The number of carbonyl (C=O) groups is 5. The van der Waals surface area contributed by atoms with Gasteiger partial charge >= 0.3 is 0 Å². The molecule has 3 aromatic rings. The van der Waals surface area contributed by atoms with Crippen LogP contribution in [0.25, 0.3) is 0 Å². The lowest BCUT2D eigenvalue weighted by molar-refractivity contribution is -0.136. The molecule has 0 spiro atoms. The number of halogens is 2.